The van der Waals surface area contributed by atoms with Crippen LogP contribution >= 0.6 is 12.6 Å². The van der Waals surface area contributed by atoms with Gasteiger partial charge < -0.3 is 36.0 Å². The van der Waals surface area contributed by atoms with Gasteiger partial charge in [-0.1, -0.05) is 68.4 Å². The number of rotatable bonds is 24. The summed E-state index contributed by atoms with van der Waals surface area (Å²) in [5.74, 6) is -4.78. The molecule has 0 aromatic heterocycles. The molecule has 44 heavy (non-hydrogen) atoms. The van der Waals surface area contributed by atoms with E-state index in [2.05, 4.69) is 41.8 Å². The number of thiol groups is 1. The SMILES string of the molecule is CCCCC/C=C\C/C=C/C=C\C=C\C(C(O)CCCC(=O)OC)N(CC(=O)O)C(=O)C(CS)NC(=O)CCC(N)C(=O)O. The third-order valence-corrected chi connectivity index (χ3v) is 6.82. The van der Waals surface area contributed by atoms with Crippen LogP contribution in [0.1, 0.15) is 71.1 Å². The molecule has 0 aliphatic carbocycles. The number of ether oxygens (including phenoxy) is 1. The third kappa shape index (κ3) is 19.0. The molecule has 248 valence electrons. The molecular weight excluding hydrogens is 590 g/mol. The van der Waals surface area contributed by atoms with Crippen molar-refractivity contribution in [3.05, 3.63) is 48.6 Å². The van der Waals surface area contributed by atoms with E-state index in [0.717, 1.165) is 17.7 Å². The second-order valence-corrected chi connectivity index (χ2v) is 10.4. The molecule has 12 nitrogen and oxygen atoms in total. The summed E-state index contributed by atoms with van der Waals surface area (Å²) in [6.07, 6.45) is 18.4. The van der Waals surface area contributed by atoms with Crippen LogP contribution in [0.5, 0.6) is 0 Å². The van der Waals surface area contributed by atoms with Crippen LogP contribution in [0.4, 0.5) is 0 Å². The summed E-state index contributed by atoms with van der Waals surface area (Å²) in [4.78, 5) is 61.1. The molecule has 0 bridgehead atoms. The van der Waals surface area contributed by atoms with Gasteiger partial charge in [-0.3, -0.25) is 24.0 Å². The second kappa shape index (κ2) is 25.0. The standard InChI is InChI=1S/C31H49N3O9S/c1-3-4-5-6-7-8-9-10-11-12-13-14-16-25(26(35)17-15-18-29(39)43-2)34(21-28(37)38)30(40)24(22-44)33-27(36)20-19-23(32)31(41)42/h7-8,10-14,16,23-26,35,44H,3-6,9,15,17-22,32H2,1-2H3,(H,33,36)(H,37,38)(H,41,42)/b8-7-,11-10+,13-12-,16-14+. The number of hydrogen-bond acceptors (Lipinski definition) is 9. The third-order valence-electron chi connectivity index (χ3n) is 6.46. The zero-order chi connectivity index (χ0) is 33.3. The lowest BCUT2D eigenvalue weighted by Gasteiger charge is -2.34. The number of unbranched alkanes of at least 4 members (excludes halogenated alkanes) is 3. The Hall–Kier alpha value is -3.42. The number of hydrogen-bond donors (Lipinski definition) is 6. The molecule has 0 spiro atoms. The Bertz CT molecular complexity index is 1010. The molecule has 0 aromatic carbocycles. The minimum atomic E-state index is -1.35. The predicted molar refractivity (Wildman–Crippen MR) is 171 cm³/mol. The average molecular weight is 640 g/mol. The number of carbonyl (C=O) groups excluding carboxylic acids is 3. The maximum Gasteiger partial charge on any atom is 0.323 e. The lowest BCUT2D eigenvalue weighted by molar-refractivity contribution is -0.148. The number of methoxy groups -OCH3 is 1. The predicted octanol–water partition coefficient (Wildman–Crippen LogP) is 2.77. The van der Waals surface area contributed by atoms with Crippen LogP contribution < -0.4 is 11.1 Å². The van der Waals surface area contributed by atoms with Gasteiger partial charge >= 0.3 is 17.9 Å². The molecule has 0 heterocycles. The monoisotopic (exact) mass is 639 g/mol. The molecule has 0 aromatic rings. The van der Waals surface area contributed by atoms with Crippen LogP contribution in [0.15, 0.2) is 48.6 Å². The first-order valence-corrected chi connectivity index (χ1v) is 15.4. The molecule has 6 N–H and O–H groups in total. The van der Waals surface area contributed by atoms with Crippen molar-refractivity contribution in [1.82, 2.24) is 10.2 Å². The smallest absolute Gasteiger partial charge is 0.323 e. The van der Waals surface area contributed by atoms with E-state index in [1.165, 1.54) is 32.4 Å². The number of amides is 2. The van der Waals surface area contributed by atoms with E-state index < -0.39 is 60.5 Å². The van der Waals surface area contributed by atoms with Crippen molar-refractivity contribution in [3.63, 3.8) is 0 Å². The number of carboxylic acid groups (broad SMARTS) is 2. The normalized spacial score (nSPS) is 14.6. The van der Waals surface area contributed by atoms with Crippen molar-refractivity contribution in [2.24, 2.45) is 5.73 Å². The molecule has 0 saturated heterocycles. The van der Waals surface area contributed by atoms with Crippen molar-refractivity contribution >= 4 is 42.4 Å². The van der Waals surface area contributed by atoms with Crippen LogP contribution in [0.25, 0.3) is 0 Å². The van der Waals surface area contributed by atoms with Crippen molar-refractivity contribution in [2.45, 2.75) is 95.4 Å². The Labute approximate surface area is 265 Å². The van der Waals surface area contributed by atoms with E-state index in [-0.39, 0.29) is 37.9 Å². The Morgan fingerprint density at radius 2 is 1.66 bits per heavy atom. The van der Waals surface area contributed by atoms with Gasteiger partial charge in [0.1, 0.15) is 18.6 Å². The van der Waals surface area contributed by atoms with Gasteiger partial charge in [-0.15, -0.1) is 0 Å². The molecule has 0 rings (SSSR count). The molecule has 4 unspecified atom stereocenters. The van der Waals surface area contributed by atoms with Gasteiger partial charge in [0.15, 0.2) is 0 Å². The summed E-state index contributed by atoms with van der Waals surface area (Å²) in [6, 6.07) is -3.66. The van der Waals surface area contributed by atoms with Gasteiger partial charge in [-0.05, 0) is 38.5 Å². The summed E-state index contributed by atoms with van der Waals surface area (Å²) >= 11 is 4.14. The highest BCUT2D eigenvalue weighted by Crippen LogP contribution is 2.16. The zero-order valence-electron chi connectivity index (χ0n) is 25.7. The average Bonchev–Trinajstić information content (AvgIpc) is 2.99. The summed E-state index contributed by atoms with van der Waals surface area (Å²) in [5.41, 5.74) is 5.44. The zero-order valence-corrected chi connectivity index (χ0v) is 26.6. The molecule has 0 radical (unpaired) electrons. The van der Waals surface area contributed by atoms with E-state index >= 15 is 0 Å². The highest BCUT2D eigenvalue weighted by atomic mass is 32.1. The molecule has 2 amide bonds. The van der Waals surface area contributed by atoms with E-state index in [4.69, 9.17) is 10.8 Å². The molecule has 0 aliphatic heterocycles. The number of aliphatic hydroxyl groups excluding tert-OH is 1. The van der Waals surface area contributed by atoms with Crippen molar-refractivity contribution in [1.29, 1.82) is 0 Å². The molecule has 13 heteroatoms. The number of nitrogens with one attached hydrogen (secondary N) is 1. The van der Waals surface area contributed by atoms with Crippen molar-refractivity contribution < 1.29 is 44.0 Å². The summed E-state index contributed by atoms with van der Waals surface area (Å²) in [6.45, 7) is 1.37. The Morgan fingerprint density at radius 3 is 2.27 bits per heavy atom. The van der Waals surface area contributed by atoms with Gasteiger partial charge in [0, 0.05) is 18.6 Å². The number of carbonyl (C=O) groups is 5. The topological polar surface area (TPSA) is 197 Å². The first kappa shape index (κ1) is 40.6. The largest absolute Gasteiger partial charge is 0.480 e. The highest BCUT2D eigenvalue weighted by molar-refractivity contribution is 7.80. The number of nitrogens with zero attached hydrogens (tertiary/aromatic N) is 1. The maximum absolute atomic E-state index is 13.5. The summed E-state index contributed by atoms with van der Waals surface area (Å²) in [5, 5.41) is 32.0. The Morgan fingerprint density at radius 1 is 0.955 bits per heavy atom. The Kier molecular flexibility index (Phi) is 23.0. The van der Waals surface area contributed by atoms with Gasteiger partial charge in [-0.25, -0.2) is 0 Å². The number of aliphatic carboxylic acids is 2. The minimum Gasteiger partial charge on any atom is -0.480 e. The summed E-state index contributed by atoms with van der Waals surface area (Å²) < 4.78 is 4.62. The van der Waals surface area contributed by atoms with E-state index in [0.29, 0.717) is 0 Å². The fourth-order valence-electron chi connectivity index (χ4n) is 3.97. The van der Waals surface area contributed by atoms with Gasteiger partial charge in [0.2, 0.25) is 11.8 Å². The molecule has 4 atom stereocenters. The van der Waals surface area contributed by atoms with Crippen molar-refractivity contribution in [2.75, 3.05) is 19.4 Å². The number of carboxylic acids is 2. The Balaban J connectivity index is 5.79. The van der Waals surface area contributed by atoms with Crippen LogP contribution in [-0.4, -0.2) is 93.6 Å². The lowest BCUT2D eigenvalue weighted by atomic mass is 10.0. The first-order chi connectivity index (χ1) is 21.0. The van der Waals surface area contributed by atoms with Gasteiger partial charge in [0.25, 0.3) is 0 Å². The van der Waals surface area contributed by atoms with E-state index in [1.807, 2.05) is 12.2 Å². The fourth-order valence-corrected chi connectivity index (χ4v) is 4.22. The van der Waals surface area contributed by atoms with Crippen LogP contribution in [0.3, 0.4) is 0 Å². The number of nitrogens with two attached hydrogens (primary N) is 1. The number of esters is 1. The fraction of sp³-hybridized carbons (Fsp3) is 0.581. The number of allylic oxidation sites excluding steroid dienone is 7. The highest BCUT2D eigenvalue weighted by Gasteiger charge is 2.34. The van der Waals surface area contributed by atoms with Crippen LogP contribution in [0, 0.1) is 0 Å². The van der Waals surface area contributed by atoms with Gasteiger partial charge in [-0.2, -0.15) is 12.6 Å². The maximum atomic E-state index is 13.5. The van der Waals surface area contributed by atoms with Crippen molar-refractivity contribution in [3.8, 4) is 0 Å². The first-order valence-electron chi connectivity index (χ1n) is 14.8. The van der Waals surface area contributed by atoms with Gasteiger partial charge in [0.05, 0.1) is 19.3 Å². The molecule has 0 saturated carbocycles. The van der Waals surface area contributed by atoms with E-state index in [1.54, 1.807) is 18.2 Å². The van der Waals surface area contributed by atoms with Crippen LogP contribution in [0.2, 0.25) is 0 Å². The summed E-state index contributed by atoms with van der Waals surface area (Å²) in [7, 11) is 1.24. The van der Waals surface area contributed by atoms with Crippen LogP contribution in [-0.2, 0) is 28.7 Å². The quantitative estimate of drug-likeness (QED) is 0.0300. The number of aliphatic hydroxyl groups is 1. The molecule has 0 aliphatic rings. The second-order valence-electron chi connectivity index (χ2n) is 10.1. The molecular formula is C31H49N3O9S. The van der Waals surface area contributed by atoms with E-state index in [9.17, 15) is 34.2 Å². The molecule has 0 fully saturated rings. The lowest BCUT2D eigenvalue weighted by Crippen LogP contribution is -2.56. The minimum absolute atomic E-state index is 0.0163.